The Bertz CT molecular complexity index is 524. The van der Waals surface area contributed by atoms with E-state index in [2.05, 4.69) is 79.3 Å². The van der Waals surface area contributed by atoms with Gasteiger partial charge in [0.25, 0.3) is 0 Å². The molecule has 1 aromatic rings. The molecule has 1 heterocycles. The molecule has 22 heavy (non-hydrogen) atoms. The molecule has 0 radical (unpaired) electrons. The molecule has 0 spiro atoms. The van der Waals surface area contributed by atoms with Gasteiger partial charge in [-0.2, -0.15) is 0 Å². The molecule has 2 rings (SSSR count). The maximum absolute atomic E-state index is 6.16. The molecule has 0 atom stereocenters. The van der Waals surface area contributed by atoms with Gasteiger partial charge in [-0.05, 0) is 51.3 Å². The number of likely N-dealkylation sites (N-methyl/N-ethyl adjacent to an activating group) is 1. The second kappa shape index (κ2) is 6.87. The highest BCUT2D eigenvalue weighted by molar-refractivity contribution is 9.08. The van der Waals surface area contributed by atoms with Crippen molar-refractivity contribution in [3.8, 4) is 0 Å². The van der Waals surface area contributed by atoms with E-state index >= 15 is 0 Å². The van der Waals surface area contributed by atoms with Crippen molar-refractivity contribution in [2.24, 2.45) is 0 Å². The highest BCUT2D eigenvalue weighted by Crippen LogP contribution is 2.38. The SMILES string of the molecule is CNCC(=Cc1ccc(CBr)cc1)B1OC(C)(C)C(C)(C)O1. The topological polar surface area (TPSA) is 30.5 Å². The van der Waals surface area contributed by atoms with Crippen LogP contribution in [0.4, 0.5) is 0 Å². The summed E-state index contributed by atoms with van der Waals surface area (Å²) in [5.41, 5.74) is 2.90. The summed E-state index contributed by atoms with van der Waals surface area (Å²) in [6.07, 6.45) is 2.15. The van der Waals surface area contributed by atoms with E-state index in [-0.39, 0.29) is 18.3 Å². The fourth-order valence-electron chi connectivity index (χ4n) is 2.32. The van der Waals surface area contributed by atoms with Crippen LogP contribution in [0.1, 0.15) is 38.8 Å². The van der Waals surface area contributed by atoms with Gasteiger partial charge >= 0.3 is 7.12 Å². The standard InChI is InChI=1S/C17H25BBrNO2/c1-16(2)17(3,4)22-18(21-16)15(12-20-5)10-13-6-8-14(11-19)9-7-13/h6-10,20H,11-12H2,1-5H3. The van der Waals surface area contributed by atoms with Crippen LogP contribution in [0.25, 0.3) is 6.08 Å². The molecule has 1 aliphatic rings. The van der Waals surface area contributed by atoms with Gasteiger partial charge in [-0.15, -0.1) is 0 Å². The third-order valence-electron chi connectivity index (χ3n) is 4.42. The second-order valence-electron chi connectivity index (χ2n) is 6.71. The maximum atomic E-state index is 6.16. The minimum absolute atomic E-state index is 0.312. The third kappa shape index (κ3) is 3.83. The van der Waals surface area contributed by atoms with Crippen molar-refractivity contribution in [3.63, 3.8) is 0 Å². The lowest BCUT2D eigenvalue weighted by atomic mass is 9.77. The lowest BCUT2D eigenvalue weighted by Crippen LogP contribution is -2.41. The number of halogens is 1. The fourth-order valence-corrected chi connectivity index (χ4v) is 2.69. The van der Waals surface area contributed by atoms with E-state index < -0.39 is 0 Å². The van der Waals surface area contributed by atoms with Crippen molar-refractivity contribution in [2.75, 3.05) is 13.6 Å². The number of nitrogens with one attached hydrogen (secondary N) is 1. The minimum atomic E-state index is -0.315. The van der Waals surface area contributed by atoms with Crippen LogP contribution in [-0.4, -0.2) is 31.9 Å². The van der Waals surface area contributed by atoms with Gasteiger partial charge in [-0.3, -0.25) is 0 Å². The zero-order valence-corrected chi connectivity index (χ0v) is 15.7. The van der Waals surface area contributed by atoms with Crippen molar-refractivity contribution in [1.82, 2.24) is 5.32 Å². The largest absolute Gasteiger partial charge is 0.491 e. The molecule has 0 saturated carbocycles. The molecule has 0 unspecified atom stereocenters. The summed E-state index contributed by atoms with van der Waals surface area (Å²) in [7, 11) is 1.63. The summed E-state index contributed by atoms with van der Waals surface area (Å²) in [6.45, 7) is 9.05. The highest BCUT2D eigenvalue weighted by Gasteiger charge is 2.52. The average molecular weight is 366 g/mol. The quantitative estimate of drug-likeness (QED) is 0.635. The molecular weight excluding hydrogens is 341 g/mol. The first-order chi connectivity index (χ1) is 10.3. The smallest absolute Gasteiger partial charge is 0.400 e. The Morgan fingerprint density at radius 1 is 1.14 bits per heavy atom. The molecule has 0 amide bonds. The van der Waals surface area contributed by atoms with Crippen molar-refractivity contribution in [1.29, 1.82) is 0 Å². The van der Waals surface area contributed by atoms with Gasteiger partial charge < -0.3 is 14.6 Å². The number of benzene rings is 1. The van der Waals surface area contributed by atoms with Crippen LogP contribution in [0.15, 0.2) is 29.7 Å². The van der Waals surface area contributed by atoms with Crippen molar-refractivity contribution in [3.05, 3.63) is 40.9 Å². The van der Waals surface area contributed by atoms with E-state index in [0.29, 0.717) is 0 Å². The zero-order chi connectivity index (χ0) is 16.4. The molecule has 0 aromatic heterocycles. The number of alkyl halides is 1. The monoisotopic (exact) mass is 365 g/mol. The molecule has 1 fully saturated rings. The summed E-state index contributed by atoms with van der Waals surface area (Å²) in [6, 6.07) is 8.50. The van der Waals surface area contributed by atoms with E-state index in [1.54, 1.807) is 0 Å². The van der Waals surface area contributed by atoms with Gasteiger partial charge in [-0.1, -0.05) is 46.3 Å². The van der Waals surface area contributed by atoms with E-state index in [0.717, 1.165) is 22.9 Å². The molecule has 1 saturated heterocycles. The lowest BCUT2D eigenvalue weighted by Gasteiger charge is -2.32. The molecule has 1 N–H and O–H groups in total. The van der Waals surface area contributed by atoms with Gasteiger partial charge in [-0.25, -0.2) is 0 Å². The zero-order valence-electron chi connectivity index (χ0n) is 14.1. The number of hydrogen-bond donors (Lipinski definition) is 1. The Balaban J connectivity index is 2.24. The molecule has 1 aliphatic heterocycles. The van der Waals surface area contributed by atoms with Crippen LogP contribution < -0.4 is 5.32 Å². The van der Waals surface area contributed by atoms with Crippen LogP contribution in [0.5, 0.6) is 0 Å². The predicted molar refractivity (Wildman–Crippen MR) is 97.1 cm³/mol. The van der Waals surface area contributed by atoms with Gasteiger partial charge in [0.15, 0.2) is 0 Å². The summed E-state index contributed by atoms with van der Waals surface area (Å²) in [5.74, 6) is 0. The molecule has 1 aromatic carbocycles. The van der Waals surface area contributed by atoms with Gasteiger partial charge in [0, 0.05) is 11.9 Å². The molecule has 120 valence electrons. The Morgan fingerprint density at radius 3 is 2.14 bits per heavy atom. The molecule has 0 aliphatic carbocycles. The van der Waals surface area contributed by atoms with Crippen LogP contribution in [0, 0.1) is 0 Å². The number of hydrogen-bond acceptors (Lipinski definition) is 3. The van der Waals surface area contributed by atoms with Gasteiger partial charge in [0.2, 0.25) is 0 Å². The predicted octanol–water partition coefficient (Wildman–Crippen LogP) is 3.82. The minimum Gasteiger partial charge on any atom is -0.400 e. The van der Waals surface area contributed by atoms with Gasteiger partial charge in [0.1, 0.15) is 0 Å². The fraction of sp³-hybridized carbons (Fsp3) is 0.529. The van der Waals surface area contributed by atoms with Crippen molar-refractivity contribution < 1.29 is 9.31 Å². The lowest BCUT2D eigenvalue weighted by molar-refractivity contribution is 0.00578. The van der Waals surface area contributed by atoms with E-state index in [4.69, 9.17) is 9.31 Å². The maximum Gasteiger partial charge on any atom is 0.491 e. The molecule has 3 nitrogen and oxygen atoms in total. The van der Waals surface area contributed by atoms with Crippen LogP contribution in [0.2, 0.25) is 0 Å². The third-order valence-corrected chi connectivity index (χ3v) is 5.07. The first kappa shape index (κ1) is 17.7. The number of rotatable bonds is 5. The second-order valence-corrected chi connectivity index (χ2v) is 7.27. The Hall–Kier alpha value is -0.615. The van der Waals surface area contributed by atoms with E-state index in [1.165, 1.54) is 5.56 Å². The Labute approximate surface area is 142 Å². The molecule has 0 bridgehead atoms. The summed E-state index contributed by atoms with van der Waals surface area (Å²) < 4.78 is 12.3. The summed E-state index contributed by atoms with van der Waals surface area (Å²) in [4.78, 5) is 0. The van der Waals surface area contributed by atoms with Gasteiger partial charge in [0.05, 0.1) is 11.2 Å². The highest BCUT2D eigenvalue weighted by atomic mass is 79.9. The molecular formula is C17H25BBrNO2. The van der Waals surface area contributed by atoms with E-state index in [1.807, 2.05) is 7.05 Å². The average Bonchev–Trinajstić information content (AvgIpc) is 2.68. The van der Waals surface area contributed by atoms with Crippen LogP contribution >= 0.6 is 15.9 Å². The molecule has 5 heteroatoms. The van der Waals surface area contributed by atoms with E-state index in [9.17, 15) is 0 Å². The summed E-state index contributed by atoms with van der Waals surface area (Å²) >= 11 is 3.47. The Morgan fingerprint density at radius 2 is 1.68 bits per heavy atom. The van der Waals surface area contributed by atoms with Crippen LogP contribution in [-0.2, 0) is 14.6 Å². The first-order valence-corrected chi connectivity index (χ1v) is 8.77. The van der Waals surface area contributed by atoms with Crippen molar-refractivity contribution in [2.45, 2.75) is 44.2 Å². The first-order valence-electron chi connectivity index (χ1n) is 7.64. The van der Waals surface area contributed by atoms with Crippen molar-refractivity contribution >= 4 is 29.1 Å². The summed E-state index contributed by atoms with van der Waals surface area (Å²) in [5, 5.41) is 4.08. The normalized spacial score (nSPS) is 20.5. The van der Waals surface area contributed by atoms with Crippen LogP contribution in [0.3, 0.4) is 0 Å². The Kier molecular flexibility index (Phi) is 5.54.